The summed E-state index contributed by atoms with van der Waals surface area (Å²) in [7, 11) is 0. The topological polar surface area (TPSA) is 83.6 Å². The van der Waals surface area contributed by atoms with Gasteiger partial charge in [-0.2, -0.15) is 0 Å². The van der Waals surface area contributed by atoms with E-state index in [1.807, 2.05) is 6.07 Å². The summed E-state index contributed by atoms with van der Waals surface area (Å²) in [5.41, 5.74) is 7.03. The second-order valence-corrected chi connectivity index (χ2v) is 6.37. The predicted octanol–water partition coefficient (Wildman–Crippen LogP) is 2.35. The lowest BCUT2D eigenvalue weighted by molar-refractivity contribution is -0.142. The lowest BCUT2D eigenvalue weighted by Gasteiger charge is -2.34. The zero-order valence-corrected chi connectivity index (χ0v) is 13.5. The van der Waals surface area contributed by atoms with Crippen LogP contribution in [0.1, 0.15) is 30.7 Å². The first kappa shape index (κ1) is 16.5. The molecule has 0 spiro atoms. The average Bonchev–Trinajstić information content (AvgIpc) is 2.60. The van der Waals surface area contributed by atoms with Gasteiger partial charge in [-0.15, -0.1) is 0 Å². The molecule has 1 aliphatic rings. The first-order valence-electron chi connectivity index (χ1n) is 8.30. The third-order valence-electron chi connectivity index (χ3n) is 4.78. The van der Waals surface area contributed by atoms with Crippen molar-refractivity contribution in [1.29, 1.82) is 0 Å². The van der Waals surface area contributed by atoms with Crippen LogP contribution in [0.5, 0.6) is 0 Å². The third-order valence-corrected chi connectivity index (χ3v) is 4.78. The molecule has 2 aromatic rings. The van der Waals surface area contributed by atoms with Gasteiger partial charge in [0.05, 0.1) is 12.5 Å². The molecule has 0 aromatic heterocycles. The van der Waals surface area contributed by atoms with Gasteiger partial charge in [0.2, 0.25) is 5.91 Å². The number of nitrogens with zero attached hydrogens (tertiary/aromatic N) is 1. The molecule has 1 heterocycles. The van der Waals surface area contributed by atoms with Crippen molar-refractivity contribution < 1.29 is 14.7 Å². The van der Waals surface area contributed by atoms with Crippen LogP contribution >= 0.6 is 0 Å². The Balaban J connectivity index is 1.68. The van der Waals surface area contributed by atoms with Gasteiger partial charge in [-0.1, -0.05) is 42.5 Å². The molecule has 0 unspecified atom stereocenters. The second-order valence-electron chi connectivity index (χ2n) is 6.37. The molecule has 1 aliphatic heterocycles. The largest absolute Gasteiger partial charge is 0.481 e. The van der Waals surface area contributed by atoms with Crippen LogP contribution in [0.3, 0.4) is 0 Å². The smallest absolute Gasteiger partial charge is 0.305 e. The van der Waals surface area contributed by atoms with Crippen LogP contribution in [0, 0.1) is 0 Å². The number of likely N-dealkylation sites (tertiary alicyclic amines) is 1. The lowest BCUT2D eigenvalue weighted by atomic mass is 9.86. The third kappa shape index (κ3) is 3.41. The zero-order chi connectivity index (χ0) is 17.1. The van der Waals surface area contributed by atoms with E-state index in [0.29, 0.717) is 19.0 Å². The van der Waals surface area contributed by atoms with Crippen molar-refractivity contribution in [2.75, 3.05) is 13.1 Å². The number of carbonyl (C=O) groups excluding carboxylic acids is 1. The number of fused-ring (bicyclic) bond motifs is 1. The summed E-state index contributed by atoms with van der Waals surface area (Å²) >= 11 is 0. The Morgan fingerprint density at radius 2 is 1.79 bits per heavy atom. The van der Waals surface area contributed by atoms with Gasteiger partial charge >= 0.3 is 5.97 Å². The van der Waals surface area contributed by atoms with Gasteiger partial charge in [-0.3, -0.25) is 9.59 Å². The molecule has 126 valence electrons. The summed E-state index contributed by atoms with van der Waals surface area (Å²) in [6.45, 7) is 1.25. The number of nitrogens with two attached hydrogens (primary N) is 1. The minimum Gasteiger partial charge on any atom is -0.481 e. The summed E-state index contributed by atoms with van der Waals surface area (Å²) in [5, 5.41) is 11.3. The van der Waals surface area contributed by atoms with Crippen molar-refractivity contribution in [3.63, 3.8) is 0 Å². The maximum absolute atomic E-state index is 12.2. The van der Waals surface area contributed by atoms with Crippen molar-refractivity contribution in [3.05, 3.63) is 48.0 Å². The minimum absolute atomic E-state index is 0.256. The van der Waals surface area contributed by atoms with E-state index in [1.165, 1.54) is 16.3 Å². The van der Waals surface area contributed by atoms with Gasteiger partial charge < -0.3 is 15.7 Å². The number of carboxylic acids is 1. The number of amides is 1. The van der Waals surface area contributed by atoms with Gasteiger partial charge in [0.1, 0.15) is 0 Å². The van der Waals surface area contributed by atoms with Crippen molar-refractivity contribution in [2.24, 2.45) is 5.73 Å². The van der Waals surface area contributed by atoms with Gasteiger partial charge in [0.25, 0.3) is 0 Å². The molecule has 2 aromatic carbocycles. The Bertz CT molecular complexity index is 746. The first-order valence-corrected chi connectivity index (χ1v) is 8.30. The monoisotopic (exact) mass is 326 g/mol. The van der Waals surface area contributed by atoms with Crippen molar-refractivity contribution >= 4 is 22.6 Å². The molecule has 0 bridgehead atoms. The predicted molar refractivity (Wildman–Crippen MR) is 92.7 cm³/mol. The summed E-state index contributed by atoms with van der Waals surface area (Å²) in [4.78, 5) is 24.6. The maximum atomic E-state index is 12.2. The van der Waals surface area contributed by atoms with Gasteiger partial charge in [0, 0.05) is 13.1 Å². The molecule has 1 amide bonds. The fourth-order valence-electron chi connectivity index (χ4n) is 3.53. The molecule has 1 fully saturated rings. The van der Waals surface area contributed by atoms with Crippen molar-refractivity contribution in [1.82, 2.24) is 4.90 Å². The van der Waals surface area contributed by atoms with Crippen molar-refractivity contribution in [3.8, 4) is 0 Å². The molecule has 0 saturated carbocycles. The molecule has 24 heavy (non-hydrogen) atoms. The average molecular weight is 326 g/mol. The Hall–Kier alpha value is -2.40. The normalized spacial score (nSPS) is 17.0. The minimum atomic E-state index is -1.04. The number of aliphatic carboxylic acids is 1. The first-order chi connectivity index (χ1) is 11.6. The number of hydrogen-bond acceptors (Lipinski definition) is 3. The molecular formula is C19H22N2O3. The number of benzene rings is 2. The fraction of sp³-hybridized carbons (Fsp3) is 0.368. The van der Waals surface area contributed by atoms with Gasteiger partial charge in [-0.05, 0) is 35.1 Å². The number of carbonyl (C=O) groups is 2. The molecule has 0 radical (unpaired) electrons. The van der Waals surface area contributed by atoms with Crippen LogP contribution in [0.2, 0.25) is 0 Å². The van der Waals surface area contributed by atoms with Crippen LogP contribution < -0.4 is 5.73 Å². The van der Waals surface area contributed by atoms with E-state index in [0.717, 1.165) is 12.8 Å². The van der Waals surface area contributed by atoms with Gasteiger partial charge in [0.15, 0.2) is 0 Å². The van der Waals surface area contributed by atoms with E-state index < -0.39 is 12.0 Å². The molecule has 3 N–H and O–H groups in total. The highest BCUT2D eigenvalue weighted by molar-refractivity contribution is 5.87. The van der Waals surface area contributed by atoms with E-state index in [9.17, 15) is 9.59 Å². The van der Waals surface area contributed by atoms with E-state index in [1.54, 1.807) is 4.90 Å². The Morgan fingerprint density at radius 3 is 2.50 bits per heavy atom. The molecular weight excluding hydrogens is 304 g/mol. The molecule has 0 aliphatic carbocycles. The highest BCUT2D eigenvalue weighted by atomic mass is 16.4. The van der Waals surface area contributed by atoms with Crippen molar-refractivity contribution in [2.45, 2.75) is 31.2 Å². The Morgan fingerprint density at radius 1 is 1.12 bits per heavy atom. The van der Waals surface area contributed by atoms with Crippen LogP contribution in [0.4, 0.5) is 0 Å². The highest BCUT2D eigenvalue weighted by Crippen LogP contribution is 2.33. The SMILES string of the molecule is N[C@H](CC(=O)O)C(=O)N1CCC(c2cccc3ccccc23)CC1. The summed E-state index contributed by atoms with van der Waals surface area (Å²) in [6.07, 6.45) is 1.43. The van der Waals surface area contributed by atoms with E-state index >= 15 is 0 Å². The molecule has 3 rings (SSSR count). The van der Waals surface area contributed by atoms with Crippen LogP contribution in [0.25, 0.3) is 10.8 Å². The fourth-order valence-corrected chi connectivity index (χ4v) is 3.53. The van der Waals surface area contributed by atoms with Gasteiger partial charge in [-0.25, -0.2) is 0 Å². The summed E-state index contributed by atoms with van der Waals surface area (Å²) in [5.74, 6) is -0.883. The van der Waals surface area contributed by atoms with E-state index in [4.69, 9.17) is 10.8 Å². The molecule has 5 nitrogen and oxygen atoms in total. The maximum Gasteiger partial charge on any atom is 0.305 e. The summed E-state index contributed by atoms with van der Waals surface area (Å²) in [6, 6.07) is 13.8. The molecule has 5 heteroatoms. The number of hydrogen-bond donors (Lipinski definition) is 2. The standard InChI is InChI=1S/C19H22N2O3/c20-17(12-18(22)23)19(24)21-10-8-14(9-11-21)16-7-3-5-13-4-1-2-6-15(13)16/h1-7,14,17H,8-12,20H2,(H,22,23)/t17-/m1/s1. The van der Waals surface area contributed by atoms with Crippen LogP contribution in [0.15, 0.2) is 42.5 Å². The highest BCUT2D eigenvalue weighted by Gasteiger charge is 2.28. The molecule has 1 atom stereocenters. The number of carboxylic acid groups (broad SMARTS) is 1. The molecule has 1 saturated heterocycles. The number of rotatable bonds is 4. The Kier molecular flexibility index (Phi) is 4.81. The van der Waals surface area contributed by atoms with Crippen LogP contribution in [-0.2, 0) is 9.59 Å². The summed E-state index contributed by atoms with van der Waals surface area (Å²) < 4.78 is 0. The van der Waals surface area contributed by atoms with Crippen LogP contribution in [-0.4, -0.2) is 41.0 Å². The van der Waals surface area contributed by atoms with E-state index in [2.05, 4.69) is 36.4 Å². The quantitative estimate of drug-likeness (QED) is 0.903. The zero-order valence-electron chi connectivity index (χ0n) is 13.5. The lowest BCUT2D eigenvalue weighted by Crippen LogP contribution is -2.47. The van der Waals surface area contributed by atoms with E-state index in [-0.39, 0.29) is 12.3 Å². The second kappa shape index (κ2) is 7.01. The Labute approximate surface area is 141 Å². The number of piperidine rings is 1.